The first-order chi connectivity index (χ1) is 13.4. The lowest BCUT2D eigenvalue weighted by Gasteiger charge is -2.16. The van der Waals surface area contributed by atoms with Gasteiger partial charge in [0, 0.05) is 22.6 Å². The van der Waals surface area contributed by atoms with Crippen molar-refractivity contribution in [3.63, 3.8) is 0 Å². The minimum atomic E-state index is -0.0684. The van der Waals surface area contributed by atoms with Crippen LogP contribution in [-0.2, 0) is 11.5 Å². The van der Waals surface area contributed by atoms with Crippen LogP contribution in [0.1, 0.15) is 49.4 Å². The average molecular weight is 392 g/mol. The molecule has 0 aliphatic carbocycles. The molecule has 0 radical (unpaired) electrons. The number of amides is 1. The third-order valence-corrected chi connectivity index (χ3v) is 6.46. The van der Waals surface area contributed by atoms with Crippen LogP contribution in [0.15, 0.2) is 30.3 Å². The number of carbonyl (C=O) groups is 1. The number of nitrogens with one attached hydrogen (secondary N) is 1. The van der Waals surface area contributed by atoms with E-state index in [1.807, 2.05) is 36.4 Å². The number of rotatable bonds is 3. The minimum Gasteiger partial charge on any atom is -0.306 e. The highest BCUT2D eigenvalue weighted by molar-refractivity contribution is 7.98. The Balaban J connectivity index is 1.81. The molecule has 1 N–H and O–H groups in total. The van der Waals surface area contributed by atoms with E-state index < -0.39 is 0 Å². The number of aromatic nitrogens is 2. The molecule has 4 rings (SSSR count). The van der Waals surface area contributed by atoms with E-state index in [1.54, 1.807) is 0 Å². The lowest BCUT2D eigenvalue weighted by atomic mass is 9.99. The lowest BCUT2D eigenvalue weighted by Crippen LogP contribution is -2.19. The molecule has 2 heterocycles. The standard InChI is InChI=1S/C23H25N3OS/c1-13-9-15(3)21(16(4)10-13)23(27)24-22-18-11-28-12-19(18)25-26(22)20-8-6-7-14(2)17(20)5/h6-10H,11-12H2,1-5H3,(H,24,27). The summed E-state index contributed by atoms with van der Waals surface area (Å²) in [6.07, 6.45) is 0. The van der Waals surface area contributed by atoms with E-state index in [0.717, 1.165) is 51.0 Å². The molecule has 1 amide bonds. The molecule has 3 aromatic rings. The van der Waals surface area contributed by atoms with Crippen LogP contribution in [0.4, 0.5) is 5.82 Å². The highest BCUT2D eigenvalue weighted by Gasteiger charge is 2.26. The fourth-order valence-electron chi connectivity index (χ4n) is 3.99. The van der Waals surface area contributed by atoms with Crippen LogP contribution in [0, 0.1) is 34.6 Å². The molecule has 0 saturated carbocycles. The second kappa shape index (κ2) is 7.13. The van der Waals surface area contributed by atoms with E-state index >= 15 is 0 Å². The number of aryl methyl sites for hydroxylation is 4. The van der Waals surface area contributed by atoms with Gasteiger partial charge < -0.3 is 5.32 Å². The van der Waals surface area contributed by atoms with Gasteiger partial charge in [0.2, 0.25) is 0 Å². The van der Waals surface area contributed by atoms with Crippen molar-refractivity contribution >= 4 is 23.5 Å². The van der Waals surface area contributed by atoms with Crippen LogP contribution in [0.3, 0.4) is 0 Å². The van der Waals surface area contributed by atoms with Gasteiger partial charge in [-0.15, -0.1) is 0 Å². The van der Waals surface area contributed by atoms with E-state index in [2.05, 4.69) is 50.4 Å². The van der Waals surface area contributed by atoms with Gasteiger partial charge in [0.1, 0.15) is 5.82 Å². The quantitative estimate of drug-likeness (QED) is 0.649. The number of benzene rings is 2. The van der Waals surface area contributed by atoms with Gasteiger partial charge in [-0.2, -0.15) is 16.9 Å². The zero-order valence-corrected chi connectivity index (χ0v) is 17.8. The van der Waals surface area contributed by atoms with Gasteiger partial charge in [-0.3, -0.25) is 4.79 Å². The summed E-state index contributed by atoms with van der Waals surface area (Å²) in [5.74, 6) is 2.50. The lowest BCUT2D eigenvalue weighted by molar-refractivity contribution is 0.102. The van der Waals surface area contributed by atoms with Crippen LogP contribution in [0.25, 0.3) is 5.69 Å². The molecule has 1 aromatic heterocycles. The summed E-state index contributed by atoms with van der Waals surface area (Å²) in [6.45, 7) is 10.3. The van der Waals surface area contributed by atoms with Crippen LogP contribution < -0.4 is 5.32 Å². The molecule has 0 saturated heterocycles. The maximum atomic E-state index is 13.2. The zero-order chi connectivity index (χ0) is 20.0. The molecule has 4 nitrogen and oxygen atoms in total. The molecule has 0 fully saturated rings. The molecule has 2 aromatic carbocycles. The molecule has 0 bridgehead atoms. The van der Waals surface area contributed by atoms with Crippen LogP contribution in [0.5, 0.6) is 0 Å². The Bertz CT molecular complexity index is 1070. The predicted octanol–water partition coefficient (Wildman–Crippen LogP) is 5.41. The Hall–Kier alpha value is -2.53. The average Bonchev–Trinajstić information content (AvgIpc) is 3.19. The summed E-state index contributed by atoms with van der Waals surface area (Å²) in [7, 11) is 0. The Morgan fingerprint density at radius 1 is 1.04 bits per heavy atom. The monoisotopic (exact) mass is 391 g/mol. The summed E-state index contributed by atoms with van der Waals surface area (Å²) < 4.78 is 1.92. The van der Waals surface area contributed by atoms with Gasteiger partial charge in [-0.05, 0) is 62.9 Å². The first-order valence-corrected chi connectivity index (χ1v) is 10.7. The van der Waals surface area contributed by atoms with Crippen molar-refractivity contribution in [2.75, 3.05) is 5.32 Å². The van der Waals surface area contributed by atoms with Crippen molar-refractivity contribution in [2.45, 2.75) is 46.1 Å². The van der Waals surface area contributed by atoms with Gasteiger partial charge in [-0.25, -0.2) is 4.68 Å². The van der Waals surface area contributed by atoms with Gasteiger partial charge in [-0.1, -0.05) is 29.8 Å². The molecule has 0 atom stereocenters. The third-order valence-electron chi connectivity index (χ3n) is 5.49. The van der Waals surface area contributed by atoms with E-state index in [0.29, 0.717) is 0 Å². The van der Waals surface area contributed by atoms with Gasteiger partial charge in [0.25, 0.3) is 5.91 Å². The summed E-state index contributed by atoms with van der Waals surface area (Å²) in [5.41, 5.74) is 9.53. The maximum absolute atomic E-state index is 13.2. The normalized spacial score (nSPS) is 12.9. The molecule has 5 heteroatoms. The Labute approximate surface area is 170 Å². The number of carbonyl (C=O) groups excluding carboxylic acids is 1. The number of nitrogens with zero attached hydrogens (tertiary/aromatic N) is 2. The second-order valence-electron chi connectivity index (χ2n) is 7.63. The van der Waals surface area contributed by atoms with Crippen molar-refractivity contribution in [2.24, 2.45) is 0 Å². The molecule has 144 valence electrons. The van der Waals surface area contributed by atoms with Crippen molar-refractivity contribution in [3.8, 4) is 5.69 Å². The molecular formula is C23H25N3OS. The summed E-state index contributed by atoms with van der Waals surface area (Å²) >= 11 is 1.84. The Morgan fingerprint density at radius 2 is 1.75 bits per heavy atom. The SMILES string of the molecule is Cc1cc(C)c(C(=O)Nc2c3c(nn2-c2cccc(C)c2C)CSC3)c(C)c1. The van der Waals surface area contributed by atoms with Crippen molar-refractivity contribution in [1.29, 1.82) is 0 Å². The maximum Gasteiger partial charge on any atom is 0.257 e. The topological polar surface area (TPSA) is 46.9 Å². The van der Waals surface area contributed by atoms with Crippen LogP contribution >= 0.6 is 11.8 Å². The predicted molar refractivity (Wildman–Crippen MR) is 117 cm³/mol. The molecule has 1 aliphatic rings. The highest BCUT2D eigenvalue weighted by atomic mass is 32.2. The van der Waals surface area contributed by atoms with Crippen molar-refractivity contribution in [3.05, 3.63) is 75.0 Å². The van der Waals surface area contributed by atoms with E-state index in [4.69, 9.17) is 5.10 Å². The Morgan fingerprint density at radius 3 is 2.46 bits per heavy atom. The minimum absolute atomic E-state index is 0.0684. The van der Waals surface area contributed by atoms with Gasteiger partial charge in [0.05, 0.1) is 11.4 Å². The van der Waals surface area contributed by atoms with E-state index in [-0.39, 0.29) is 5.91 Å². The molecule has 0 spiro atoms. The van der Waals surface area contributed by atoms with Crippen LogP contribution in [-0.4, -0.2) is 15.7 Å². The number of hydrogen-bond acceptors (Lipinski definition) is 3. The third kappa shape index (κ3) is 3.14. The number of thioether (sulfide) groups is 1. The van der Waals surface area contributed by atoms with Crippen molar-refractivity contribution in [1.82, 2.24) is 9.78 Å². The van der Waals surface area contributed by atoms with Gasteiger partial charge in [0.15, 0.2) is 0 Å². The van der Waals surface area contributed by atoms with Crippen molar-refractivity contribution < 1.29 is 4.79 Å². The number of anilines is 1. The molecule has 0 unspecified atom stereocenters. The zero-order valence-electron chi connectivity index (χ0n) is 17.0. The largest absolute Gasteiger partial charge is 0.306 e. The number of hydrogen-bond donors (Lipinski definition) is 1. The van der Waals surface area contributed by atoms with E-state index in [9.17, 15) is 4.79 Å². The summed E-state index contributed by atoms with van der Waals surface area (Å²) in [5, 5.41) is 8.05. The molecular weight excluding hydrogens is 366 g/mol. The first kappa shape index (κ1) is 18.8. The first-order valence-electron chi connectivity index (χ1n) is 9.51. The summed E-state index contributed by atoms with van der Waals surface area (Å²) in [4.78, 5) is 13.2. The highest BCUT2D eigenvalue weighted by Crippen LogP contribution is 2.37. The fraction of sp³-hybridized carbons (Fsp3) is 0.304. The molecule has 28 heavy (non-hydrogen) atoms. The number of fused-ring (bicyclic) bond motifs is 1. The van der Waals surface area contributed by atoms with Crippen LogP contribution in [0.2, 0.25) is 0 Å². The van der Waals surface area contributed by atoms with E-state index in [1.165, 1.54) is 16.7 Å². The second-order valence-corrected chi connectivity index (χ2v) is 8.61. The molecule has 1 aliphatic heterocycles. The summed E-state index contributed by atoms with van der Waals surface area (Å²) in [6, 6.07) is 10.3. The van der Waals surface area contributed by atoms with Gasteiger partial charge >= 0.3 is 0 Å². The smallest absolute Gasteiger partial charge is 0.257 e. The Kier molecular flexibility index (Phi) is 4.79. The fourth-order valence-corrected chi connectivity index (χ4v) is 5.02.